The van der Waals surface area contributed by atoms with E-state index in [0.29, 0.717) is 11.3 Å². The zero-order valence-corrected chi connectivity index (χ0v) is 12.4. The summed E-state index contributed by atoms with van der Waals surface area (Å²) >= 11 is 0. The first-order valence-corrected chi connectivity index (χ1v) is 8.99. The van der Waals surface area contributed by atoms with Crippen molar-refractivity contribution in [2.45, 2.75) is 42.7 Å². The maximum atomic E-state index is 12.1. The van der Waals surface area contributed by atoms with Crippen molar-refractivity contribution in [1.82, 2.24) is 5.32 Å². The highest BCUT2D eigenvalue weighted by Crippen LogP contribution is 2.31. The molecule has 2 unspecified atom stereocenters. The molecule has 2 aliphatic rings. The van der Waals surface area contributed by atoms with Crippen molar-refractivity contribution >= 4 is 9.84 Å². The Labute approximate surface area is 120 Å². The van der Waals surface area contributed by atoms with Crippen molar-refractivity contribution < 1.29 is 13.2 Å². The van der Waals surface area contributed by atoms with Gasteiger partial charge < -0.3 is 10.1 Å². The second-order valence-electron chi connectivity index (χ2n) is 5.59. The van der Waals surface area contributed by atoms with Gasteiger partial charge in [-0.3, -0.25) is 0 Å². The number of nitrogens with one attached hydrogen (secondary N) is 1. The molecule has 2 aliphatic heterocycles. The zero-order valence-electron chi connectivity index (χ0n) is 11.5. The molecule has 2 atom stereocenters. The van der Waals surface area contributed by atoms with E-state index in [9.17, 15) is 8.42 Å². The summed E-state index contributed by atoms with van der Waals surface area (Å²) in [7, 11) is -3.09. The quantitative estimate of drug-likeness (QED) is 0.927. The summed E-state index contributed by atoms with van der Waals surface area (Å²) in [5.74, 6) is 0.229. The number of hydrogen-bond donors (Lipinski definition) is 1. The highest BCUT2D eigenvalue weighted by molar-refractivity contribution is 7.91. The number of benzene rings is 1. The number of sulfone groups is 1. The van der Waals surface area contributed by atoms with Gasteiger partial charge in [-0.15, -0.1) is 0 Å². The van der Waals surface area contributed by atoms with Gasteiger partial charge in [0.2, 0.25) is 0 Å². The molecule has 0 amide bonds. The molecule has 1 aromatic carbocycles. The SMILES string of the molecule is O=S1(=O)CCC(NCC2CCCCO2)c2ccccc21. The minimum absolute atomic E-state index is 0.125. The fraction of sp³-hybridized carbons (Fsp3) is 0.600. The minimum atomic E-state index is -3.09. The van der Waals surface area contributed by atoms with Crippen LogP contribution >= 0.6 is 0 Å². The van der Waals surface area contributed by atoms with Gasteiger partial charge in [-0.05, 0) is 37.3 Å². The second-order valence-corrected chi connectivity index (χ2v) is 7.67. The standard InChI is InChI=1S/C15H21NO3S/c17-20(18)10-8-14(13-6-1-2-7-15(13)20)16-11-12-5-3-4-9-19-12/h1-2,6-7,12,14,16H,3-5,8-11H2. The van der Waals surface area contributed by atoms with Gasteiger partial charge in [0, 0.05) is 19.2 Å². The summed E-state index contributed by atoms with van der Waals surface area (Å²) < 4.78 is 29.9. The van der Waals surface area contributed by atoms with E-state index in [2.05, 4.69) is 5.32 Å². The van der Waals surface area contributed by atoms with Crippen molar-refractivity contribution in [3.05, 3.63) is 29.8 Å². The van der Waals surface area contributed by atoms with Crippen LogP contribution in [-0.2, 0) is 14.6 Å². The Balaban J connectivity index is 1.71. The van der Waals surface area contributed by atoms with Crippen LogP contribution in [0.25, 0.3) is 0 Å². The van der Waals surface area contributed by atoms with Gasteiger partial charge in [0.25, 0.3) is 0 Å². The molecule has 20 heavy (non-hydrogen) atoms. The molecule has 3 rings (SSSR count). The van der Waals surface area contributed by atoms with Crippen molar-refractivity contribution in [1.29, 1.82) is 0 Å². The summed E-state index contributed by atoms with van der Waals surface area (Å²) in [4.78, 5) is 0.494. The van der Waals surface area contributed by atoms with Crippen LogP contribution in [0.3, 0.4) is 0 Å². The zero-order chi connectivity index (χ0) is 14.0. The molecular formula is C15H21NO3S. The molecule has 110 valence electrons. The lowest BCUT2D eigenvalue weighted by atomic mass is 10.0. The van der Waals surface area contributed by atoms with Gasteiger partial charge in [-0.25, -0.2) is 8.42 Å². The maximum absolute atomic E-state index is 12.1. The van der Waals surface area contributed by atoms with Gasteiger partial charge in [-0.2, -0.15) is 0 Å². The molecule has 0 bridgehead atoms. The average Bonchev–Trinajstić information content (AvgIpc) is 2.48. The Bertz CT molecular complexity index is 564. The lowest BCUT2D eigenvalue weighted by Crippen LogP contribution is -2.36. The molecule has 0 aromatic heterocycles. The van der Waals surface area contributed by atoms with Crippen molar-refractivity contribution in [2.75, 3.05) is 18.9 Å². The highest BCUT2D eigenvalue weighted by Gasteiger charge is 2.30. The second kappa shape index (κ2) is 5.84. The third kappa shape index (κ3) is 2.90. The smallest absolute Gasteiger partial charge is 0.178 e. The minimum Gasteiger partial charge on any atom is -0.377 e. The lowest BCUT2D eigenvalue weighted by Gasteiger charge is -2.29. The first-order chi connectivity index (χ1) is 9.67. The van der Waals surface area contributed by atoms with Gasteiger partial charge in [0.05, 0.1) is 16.8 Å². The van der Waals surface area contributed by atoms with Crippen LogP contribution in [-0.4, -0.2) is 33.4 Å². The first-order valence-electron chi connectivity index (χ1n) is 7.33. The van der Waals surface area contributed by atoms with Crippen LogP contribution in [0.15, 0.2) is 29.2 Å². The predicted octanol–water partition coefficient (Wildman–Crippen LogP) is 2.06. The lowest BCUT2D eigenvalue weighted by molar-refractivity contribution is 0.0152. The molecular weight excluding hydrogens is 274 g/mol. The summed E-state index contributed by atoms with van der Waals surface area (Å²) in [6.45, 7) is 1.65. The normalized spacial score (nSPS) is 28.8. The summed E-state index contributed by atoms with van der Waals surface area (Å²) in [5, 5.41) is 3.50. The van der Waals surface area contributed by atoms with Crippen LogP contribution in [0.4, 0.5) is 0 Å². The molecule has 1 N–H and O–H groups in total. The van der Waals surface area contributed by atoms with Gasteiger partial charge in [0.15, 0.2) is 9.84 Å². The summed E-state index contributed by atoms with van der Waals surface area (Å²) in [6.07, 6.45) is 4.39. The molecule has 0 spiro atoms. The van der Waals surface area contributed by atoms with Crippen LogP contribution in [0.5, 0.6) is 0 Å². The molecule has 0 radical (unpaired) electrons. The van der Waals surface area contributed by atoms with Gasteiger partial charge >= 0.3 is 0 Å². The fourth-order valence-corrected chi connectivity index (χ4v) is 4.67. The van der Waals surface area contributed by atoms with Gasteiger partial charge in [-0.1, -0.05) is 18.2 Å². The molecule has 2 heterocycles. The first kappa shape index (κ1) is 14.0. The van der Waals surface area contributed by atoms with E-state index in [0.717, 1.165) is 31.6 Å². The Morgan fingerprint density at radius 1 is 1.20 bits per heavy atom. The van der Waals surface area contributed by atoms with Crippen molar-refractivity contribution in [2.24, 2.45) is 0 Å². The molecule has 1 saturated heterocycles. The topological polar surface area (TPSA) is 55.4 Å². The summed E-state index contributed by atoms with van der Waals surface area (Å²) in [5.41, 5.74) is 0.912. The number of rotatable bonds is 3. The fourth-order valence-electron chi connectivity index (χ4n) is 3.04. The molecule has 1 fully saturated rings. The maximum Gasteiger partial charge on any atom is 0.178 e. The van der Waals surface area contributed by atoms with E-state index in [4.69, 9.17) is 4.74 Å². The van der Waals surface area contributed by atoms with E-state index < -0.39 is 9.84 Å². The van der Waals surface area contributed by atoms with Crippen LogP contribution in [0.1, 0.15) is 37.3 Å². The highest BCUT2D eigenvalue weighted by atomic mass is 32.2. The van der Waals surface area contributed by atoms with E-state index >= 15 is 0 Å². The number of hydrogen-bond acceptors (Lipinski definition) is 4. The third-order valence-electron chi connectivity index (χ3n) is 4.17. The van der Waals surface area contributed by atoms with Crippen LogP contribution < -0.4 is 5.32 Å². The summed E-state index contributed by atoms with van der Waals surface area (Å²) in [6, 6.07) is 7.47. The Morgan fingerprint density at radius 3 is 2.85 bits per heavy atom. The van der Waals surface area contributed by atoms with E-state index in [1.165, 1.54) is 6.42 Å². The van der Waals surface area contributed by atoms with E-state index in [1.807, 2.05) is 12.1 Å². The van der Waals surface area contributed by atoms with E-state index in [-0.39, 0.29) is 17.9 Å². The Morgan fingerprint density at radius 2 is 2.05 bits per heavy atom. The van der Waals surface area contributed by atoms with Crippen LogP contribution in [0.2, 0.25) is 0 Å². The molecule has 1 aromatic rings. The number of ether oxygens (including phenoxy) is 1. The predicted molar refractivity (Wildman–Crippen MR) is 77.4 cm³/mol. The molecule has 0 saturated carbocycles. The van der Waals surface area contributed by atoms with Crippen molar-refractivity contribution in [3.63, 3.8) is 0 Å². The Hall–Kier alpha value is -0.910. The number of fused-ring (bicyclic) bond motifs is 1. The molecule has 0 aliphatic carbocycles. The van der Waals surface area contributed by atoms with Gasteiger partial charge in [0.1, 0.15) is 0 Å². The molecule has 4 nitrogen and oxygen atoms in total. The Kier molecular flexibility index (Phi) is 4.10. The van der Waals surface area contributed by atoms with Crippen LogP contribution in [0, 0.1) is 0 Å². The third-order valence-corrected chi connectivity index (χ3v) is 5.99. The van der Waals surface area contributed by atoms with E-state index in [1.54, 1.807) is 12.1 Å². The molecule has 5 heteroatoms. The van der Waals surface area contributed by atoms with Crippen molar-refractivity contribution in [3.8, 4) is 0 Å². The monoisotopic (exact) mass is 295 g/mol. The average molecular weight is 295 g/mol. The largest absolute Gasteiger partial charge is 0.377 e.